The van der Waals surface area contributed by atoms with E-state index in [1.165, 1.54) is 0 Å². The molecule has 0 saturated carbocycles. The second kappa shape index (κ2) is 5.80. The van der Waals surface area contributed by atoms with Crippen molar-refractivity contribution < 1.29 is 4.42 Å². The van der Waals surface area contributed by atoms with Gasteiger partial charge >= 0.3 is 0 Å². The van der Waals surface area contributed by atoms with Crippen molar-refractivity contribution >= 4 is 0 Å². The van der Waals surface area contributed by atoms with E-state index in [4.69, 9.17) is 4.42 Å². The van der Waals surface area contributed by atoms with Crippen molar-refractivity contribution in [3.05, 3.63) is 24.2 Å². The van der Waals surface area contributed by atoms with Crippen molar-refractivity contribution in [2.24, 2.45) is 0 Å². The zero-order valence-corrected chi connectivity index (χ0v) is 7.92. The Morgan fingerprint density at radius 3 is 2.42 bits per heavy atom. The highest BCUT2D eigenvalue weighted by molar-refractivity contribution is 4.97. The van der Waals surface area contributed by atoms with Gasteiger partial charge < -0.3 is 10.6 Å². The standard InChI is InChI=1S/C9H15NO.H3N/c1-3-10(4-2)8-9-6-5-7-11-9;/h5-7H,3-4,8H2,1-2H3;1H3. The SMILES string of the molecule is CCN(CC)Cc1ccco1.N. The van der Waals surface area contributed by atoms with E-state index in [-0.39, 0.29) is 6.15 Å². The summed E-state index contributed by atoms with van der Waals surface area (Å²) in [4.78, 5) is 2.32. The molecule has 0 atom stereocenters. The molecule has 3 heteroatoms. The maximum Gasteiger partial charge on any atom is 0.117 e. The van der Waals surface area contributed by atoms with Gasteiger partial charge in [-0.3, -0.25) is 4.90 Å². The largest absolute Gasteiger partial charge is 0.468 e. The van der Waals surface area contributed by atoms with Crippen LogP contribution in [0.5, 0.6) is 0 Å². The Kier molecular flexibility index (Phi) is 5.41. The van der Waals surface area contributed by atoms with Gasteiger partial charge in [0.1, 0.15) is 5.76 Å². The van der Waals surface area contributed by atoms with Crippen LogP contribution in [0.25, 0.3) is 0 Å². The van der Waals surface area contributed by atoms with Crippen LogP contribution in [0.3, 0.4) is 0 Å². The molecular formula is C9H18N2O. The van der Waals surface area contributed by atoms with E-state index in [1.54, 1.807) is 6.26 Å². The van der Waals surface area contributed by atoms with E-state index < -0.39 is 0 Å². The van der Waals surface area contributed by atoms with Crippen LogP contribution in [0.15, 0.2) is 22.8 Å². The van der Waals surface area contributed by atoms with Crippen molar-refractivity contribution in [1.29, 1.82) is 0 Å². The van der Waals surface area contributed by atoms with Crippen molar-refractivity contribution in [3.8, 4) is 0 Å². The Bertz CT molecular complexity index is 180. The molecule has 1 rings (SSSR count). The molecule has 0 unspecified atom stereocenters. The molecule has 0 fully saturated rings. The summed E-state index contributed by atoms with van der Waals surface area (Å²) in [6.07, 6.45) is 1.72. The maximum atomic E-state index is 5.23. The quantitative estimate of drug-likeness (QED) is 0.754. The lowest BCUT2D eigenvalue weighted by Gasteiger charge is -2.15. The highest BCUT2D eigenvalue weighted by Crippen LogP contribution is 2.03. The zero-order valence-electron chi connectivity index (χ0n) is 7.92. The topological polar surface area (TPSA) is 51.4 Å². The van der Waals surface area contributed by atoms with Crippen molar-refractivity contribution in [2.45, 2.75) is 20.4 Å². The van der Waals surface area contributed by atoms with E-state index in [9.17, 15) is 0 Å². The van der Waals surface area contributed by atoms with Crippen LogP contribution in [-0.4, -0.2) is 18.0 Å². The molecule has 0 spiro atoms. The third-order valence-electron chi connectivity index (χ3n) is 1.85. The fourth-order valence-electron chi connectivity index (χ4n) is 1.07. The molecule has 12 heavy (non-hydrogen) atoms. The summed E-state index contributed by atoms with van der Waals surface area (Å²) >= 11 is 0. The van der Waals surface area contributed by atoms with E-state index in [0.29, 0.717) is 0 Å². The Morgan fingerprint density at radius 1 is 1.33 bits per heavy atom. The molecule has 3 N–H and O–H groups in total. The summed E-state index contributed by atoms with van der Waals surface area (Å²) in [5.41, 5.74) is 0. The molecule has 1 aromatic rings. The number of nitrogens with zero attached hydrogens (tertiary/aromatic N) is 1. The number of hydrogen-bond donors (Lipinski definition) is 1. The summed E-state index contributed by atoms with van der Waals surface area (Å²) in [6, 6.07) is 3.94. The number of furan rings is 1. The maximum absolute atomic E-state index is 5.23. The predicted octanol–water partition coefficient (Wildman–Crippen LogP) is 2.28. The van der Waals surface area contributed by atoms with Crippen LogP contribution >= 0.6 is 0 Å². The Hall–Kier alpha value is -0.800. The Labute approximate surface area is 73.9 Å². The van der Waals surface area contributed by atoms with Crippen LogP contribution in [0.2, 0.25) is 0 Å². The summed E-state index contributed by atoms with van der Waals surface area (Å²) in [6.45, 7) is 7.41. The molecule has 0 aliphatic rings. The molecular weight excluding hydrogens is 152 g/mol. The Balaban J connectivity index is 0.00000121. The van der Waals surface area contributed by atoms with Crippen molar-refractivity contribution in [3.63, 3.8) is 0 Å². The monoisotopic (exact) mass is 170 g/mol. The van der Waals surface area contributed by atoms with Crippen LogP contribution < -0.4 is 6.15 Å². The predicted molar refractivity (Wildman–Crippen MR) is 50.4 cm³/mol. The van der Waals surface area contributed by atoms with Gasteiger partial charge in [-0.05, 0) is 25.2 Å². The summed E-state index contributed by atoms with van der Waals surface area (Å²) in [5, 5.41) is 0. The van der Waals surface area contributed by atoms with Gasteiger partial charge in [-0.2, -0.15) is 0 Å². The number of hydrogen-bond acceptors (Lipinski definition) is 3. The van der Waals surface area contributed by atoms with Crippen molar-refractivity contribution in [1.82, 2.24) is 11.1 Å². The minimum atomic E-state index is 0. The van der Waals surface area contributed by atoms with Gasteiger partial charge in [-0.25, -0.2) is 0 Å². The first kappa shape index (κ1) is 11.2. The molecule has 0 amide bonds. The van der Waals surface area contributed by atoms with Gasteiger partial charge in [0.05, 0.1) is 12.8 Å². The van der Waals surface area contributed by atoms with E-state index >= 15 is 0 Å². The second-order valence-corrected chi connectivity index (χ2v) is 2.54. The van der Waals surface area contributed by atoms with Gasteiger partial charge in [0.25, 0.3) is 0 Å². The molecule has 0 aliphatic carbocycles. The summed E-state index contributed by atoms with van der Waals surface area (Å²) in [5.74, 6) is 1.05. The summed E-state index contributed by atoms with van der Waals surface area (Å²) in [7, 11) is 0. The molecule has 3 nitrogen and oxygen atoms in total. The first-order chi connectivity index (χ1) is 5.36. The molecule has 0 aliphatic heterocycles. The molecule has 1 heterocycles. The van der Waals surface area contributed by atoms with Gasteiger partial charge in [0, 0.05) is 0 Å². The molecule has 70 valence electrons. The smallest absolute Gasteiger partial charge is 0.117 e. The van der Waals surface area contributed by atoms with Gasteiger partial charge in [-0.15, -0.1) is 0 Å². The third-order valence-corrected chi connectivity index (χ3v) is 1.85. The van der Waals surface area contributed by atoms with Crippen LogP contribution in [0.1, 0.15) is 19.6 Å². The van der Waals surface area contributed by atoms with Gasteiger partial charge in [0.15, 0.2) is 0 Å². The molecule has 1 aromatic heterocycles. The lowest BCUT2D eigenvalue weighted by molar-refractivity contribution is 0.269. The lowest BCUT2D eigenvalue weighted by atomic mass is 10.4. The van der Waals surface area contributed by atoms with Crippen LogP contribution in [-0.2, 0) is 6.54 Å². The fraction of sp³-hybridized carbons (Fsp3) is 0.556. The Morgan fingerprint density at radius 2 is 2.00 bits per heavy atom. The van der Waals surface area contributed by atoms with E-state index in [0.717, 1.165) is 25.4 Å². The van der Waals surface area contributed by atoms with Crippen molar-refractivity contribution in [2.75, 3.05) is 13.1 Å². The zero-order chi connectivity index (χ0) is 8.10. The van der Waals surface area contributed by atoms with Gasteiger partial charge in [-0.1, -0.05) is 13.8 Å². The first-order valence-corrected chi connectivity index (χ1v) is 4.11. The number of rotatable bonds is 4. The average molecular weight is 170 g/mol. The minimum Gasteiger partial charge on any atom is -0.468 e. The van der Waals surface area contributed by atoms with Crippen LogP contribution in [0.4, 0.5) is 0 Å². The summed E-state index contributed by atoms with van der Waals surface area (Å²) < 4.78 is 5.23. The normalized spacial score (nSPS) is 9.92. The third kappa shape index (κ3) is 3.07. The fourth-order valence-corrected chi connectivity index (χ4v) is 1.07. The lowest BCUT2D eigenvalue weighted by Crippen LogP contribution is -2.21. The van der Waals surface area contributed by atoms with Crippen LogP contribution in [0, 0.1) is 0 Å². The molecule has 0 aromatic carbocycles. The molecule has 0 saturated heterocycles. The first-order valence-electron chi connectivity index (χ1n) is 4.11. The van der Waals surface area contributed by atoms with E-state index in [2.05, 4.69) is 18.7 Å². The highest BCUT2D eigenvalue weighted by Gasteiger charge is 2.01. The average Bonchev–Trinajstić information content (AvgIpc) is 2.52. The second-order valence-electron chi connectivity index (χ2n) is 2.54. The molecule has 0 radical (unpaired) electrons. The van der Waals surface area contributed by atoms with E-state index in [1.807, 2.05) is 12.1 Å². The minimum absolute atomic E-state index is 0. The van der Waals surface area contributed by atoms with Gasteiger partial charge in [0.2, 0.25) is 0 Å². The highest BCUT2D eigenvalue weighted by atomic mass is 16.3. The molecule has 0 bridgehead atoms.